The van der Waals surface area contributed by atoms with Crippen LogP contribution in [0.4, 0.5) is 13.2 Å². The number of aliphatic imine (C=N–C) groups is 2. The van der Waals surface area contributed by atoms with Crippen LogP contribution in [0.1, 0.15) is 239 Å². The summed E-state index contributed by atoms with van der Waals surface area (Å²) in [7, 11) is -3.23. The quantitative estimate of drug-likeness (QED) is 0.00699. The van der Waals surface area contributed by atoms with Gasteiger partial charge in [-0.25, -0.2) is 9.97 Å². The first-order valence-corrected chi connectivity index (χ1v) is 59.3. The summed E-state index contributed by atoms with van der Waals surface area (Å²) in [5.41, 5.74) is 9.21. The van der Waals surface area contributed by atoms with Crippen LogP contribution in [0.25, 0.3) is 20.9 Å². The third-order valence-corrected chi connectivity index (χ3v) is 41.9. The van der Waals surface area contributed by atoms with Gasteiger partial charge in [0.05, 0.1) is 65.7 Å². The standard InChI is InChI=1S/C63H67N5O4S3Si.C36H49N5O5S3.C9H22Si.C2HF3O.C2H6/c1-44(2)55-58(70)65-50(30-22-23-39-74-63(47-24-12-7-13-25-47,48-26-14-8-15-27-48)49-28-16-9-17-29-49)40-53(69)64-41-54-66-56(59-68-62(6,43-73-59)60(71)67-55)57(75-54)46-37-35-45(36-38-46)42-72-76(61(3,4)5,51-31-18-10-19-32-51)52-33-20-11-21-34-52;1-5-6-7-8-9-13-29(44)47-18-11-10-12-26-19-27(43)37-20-28-39-31(32(49-28)25-16-14-24(21-42)15-17-25)34-41-36(4,22-48-34)35(46)40-30(23(2)3)33(45)38-26;1-7(2)10(8(3)4)9(5)6;3-2(4,5)1-6;1-2/h7-22,24-38,44,50,55H,23,39-43H2,1-6H3,(H,64,69)(H,65,70)(H,67,71);10,12,14-17,23,26,30,42H,5-9,11,13,18-22H2,1-4H3,(H,37,43)(H,38,45)(H,40,46);7-10H,1-6H3;1H;1-2H3/b30-22+;12-10+;;;/t50?,55-,62-;26?,30-,36-;;;/m00.../s1/i;;;1D;. The Labute approximate surface area is 874 Å². The summed E-state index contributed by atoms with van der Waals surface area (Å²) in [4.78, 5) is 126. The van der Waals surface area contributed by atoms with Crippen molar-refractivity contribution in [3.63, 3.8) is 0 Å². The lowest BCUT2D eigenvalue weighted by Gasteiger charge is -2.43. The van der Waals surface area contributed by atoms with E-state index in [9.17, 15) is 51.8 Å². The summed E-state index contributed by atoms with van der Waals surface area (Å²) in [6.45, 7) is 39.2. The Kier molecular flexibility index (Phi) is 45.4. The second kappa shape index (κ2) is 56.3. The molecule has 2 aromatic heterocycles. The number of hydrogen-bond acceptors (Lipinski definition) is 20. The third kappa shape index (κ3) is 33.2. The minimum atomic E-state index is -4.97. The van der Waals surface area contributed by atoms with Crippen molar-refractivity contribution in [2.24, 2.45) is 21.8 Å². The number of thiazole rings is 2. The summed E-state index contributed by atoms with van der Waals surface area (Å²) in [6.07, 6.45) is 7.62. The van der Waals surface area contributed by atoms with Crippen molar-refractivity contribution < 1.29 is 62.4 Å². The lowest BCUT2D eigenvalue weighted by molar-refractivity contribution is -0.156. The number of fused-ring (bicyclic) bond motifs is 8. The number of aliphatic hydroxyl groups is 1. The molecule has 0 aliphatic carbocycles. The SMILES string of the molecule is CC.CC(C)[C@@H]1NC(=O)[C@]2(C)CSC(=N2)c2nc(sc2-c2ccc(CO[Si](c3ccccc3)(c3ccccc3)C(C)(C)C)cc2)CNC(=O)CC(/C=C/CCSC(c2ccccc2)(c2ccccc2)c2ccccc2)NC1=O.CC(C)[SiH](C(C)C)C(C)C.CCCCCCCC(=O)SCC/C=C/C1CC(=O)NCc2nc(c(-c3ccc(CO)cc3)s2)C2=N[C@@](C)(CS2)C(=O)N[C@@H](C(C)C)C(=O)N1.[2H]C(=O)C(F)(F)F. The fourth-order valence-corrected chi connectivity index (χ4v) is 33.9. The molecular weight excluding hydrogens is 1950 g/mol. The van der Waals surface area contributed by atoms with E-state index in [0.29, 0.717) is 74.6 Å². The number of alkyl halides is 3. The lowest BCUT2D eigenvalue weighted by Crippen LogP contribution is -2.66. The highest BCUT2D eigenvalue weighted by atomic mass is 32.2. The van der Waals surface area contributed by atoms with Crippen LogP contribution < -0.4 is 42.3 Å². The molecule has 0 spiro atoms. The minimum Gasteiger partial charge on any atom is -0.403 e. The molecule has 0 fully saturated rings. The molecule has 6 amide bonds. The van der Waals surface area contributed by atoms with Crippen molar-refractivity contribution >= 4 is 154 Å². The van der Waals surface area contributed by atoms with Crippen LogP contribution in [0, 0.1) is 11.8 Å². The van der Waals surface area contributed by atoms with Crippen LogP contribution in [-0.4, -0.2) is 154 Å². The minimum absolute atomic E-state index is 0.00106. The van der Waals surface area contributed by atoms with Crippen LogP contribution in [0.5, 0.6) is 0 Å². The Morgan fingerprint density at radius 2 is 0.930 bits per heavy atom. The van der Waals surface area contributed by atoms with Gasteiger partial charge in [0.15, 0.2) is 5.12 Å². The van der Waals surface area contributed by atoms with Crippen LogP contribution >= 0.6 is 69.7 Å². The molecule has 0 saturated heterocycles. The van der Waals surface area contributed by atoms with Crippen LogP contribution in [-0.2, 0) is 73.8 Å². The highest BCUT2D eigenvalue weighted by Gasteiger charge is 2.51. The van der Waals surface area contributed by atoms with Gasteiger partial charge in [-0.15, -0.1) is 58.0 Å². The smallest absolute Gasteiger partial charge is 0.403 e. The third-order valence-electron chi connectivity index (χ3n) is 25.0. The summed E-state index contributed by atoms with van der Waals surface area (Å²) in [5, 5.41) is 32.9. The van der Waals surface area contributed by atoms with E-state index in [1.807, 2.05) is 115 Å². The van der Waals surface area contributed by atoms with E-state index in [4.69, 9.17) is 30.5 Å². The molecular formula is C112H145F3N10O10S6Si2. The number of rotatable bonds is 31. The molecule has 0 radical (unpaired) electrons. The van der Waals surface area contributed by atoms with Gasteiger partial charge < -0.3 is 41.4 Å². The van der Waals surface area contributed by atoms with Gasteiger partial charge in [0.25, 0.3) is 8.32 Å². The van der Waals surface area contributed by atoms with Gasteiger partial charge in [0.1, 0.15) is 56.0 Å². The van der Waals surface area contributed by atoms with Gasteiger partial charge in [0.2, 0.25) is 41.7 Å². The number of carbonyl (C=O) groups is 8. The van der Waals surface area contributed by atoms with Gasteiger partial charge in [-0.3, -0.25) is 48.3 Å². The van der Waals surface area contributed by atoms with Crippen LogP contribution in [0.2, 0.25) is 21.7 Å². The van der Waals surface area contributed by atoms with Crippen molar-refractivity contribution in [1.82, 2.24) is 41.9 Å². The Hall–Kier alpha value is -9.68. The van der Waals surface area contributed by atoms with E-state index in [2.05, 4.69) is 265 Å². The summed E-state index contributed by atoms with van der Waals surface area (Å²) in [5.74, 6) is -0.233. The molecule has 31 heteroatoms. The van der Waals surface area contributed by atoms with Crippen LogP contribution in [0.15, 0.2) is 234 Å². The monoisotopic (exact) mass is 2100 g/mol. The maximum atomic E-state index is 14.3. The van der Waals surface area contributed by atoms with Crippen molar-refractivity contribution in [2.75, 3.05) is 23.0 Å². The number of aromatic nitrogens is 2. The predicted octanol–water partition coefficient (Wildman–Crippen LogP) is 22.4. The zero-order valence-corrected chi connectivity index (χ0v) is 92.9. The van der Waals surface area contributed by atoms with Crippen molar-refractivity contribution in [3.05, 3.63) is 274 Å². The van der Waals surface area contributed by atoms with Gasteiger partial charge in [-0.2, -0.15) is 13.2 Å². The topological polar surface area (TPSA) is 289 Å². The fourth-order valence-electron chi connectivity index (χ4n) is 18.0. The van der Waals surface area contributed by atoms with E-state index < -0.39 is 69.5 Å². The average molecular weight is 2100 g/mol. The molecule has 4 aliphatic heterocycles. The van der Waals surface area contributed by atoms with Gasteiger partial charge in [-0.1, -0.05) is 389 Å². The number of aldehydes is 1. The summed E-state index contributed by atoms with van der Waals surface area (Å²) >= 11 is 9.05. The van der Waals surface area contributed by atoms with Gasteiger partial charge >= 0.3 is 6.18 Å². The number of aliphatic hydroxyl groups excluding tert-OH is 1. The summed E-state index contributed by atoms with van der Waals surface area (Å²) < 4.78 is 44.2. The lowest BCUT2D eigenvalue weighted by atomic mass is 9.84. The van der Waals surface area contributed by atoms with E-state index in [1.54, 1.807) is 13.0 Å². The number of thioether (sulfide) groups is 4. The Balaban J connectivity index is 0.000000289. The molecule has 4 aliphatic rings. The first kappa shape index (κ1) is 115. The number of carbonyl (C=O) groups excluding carboxylic acids is 8. The van der Waals surface area contributed by atoms with E-state index >= 15 is 0 Å². The van der Waals surface area contributed by atoms with Crippen LogP contribution in [0.3, 0.4) is 0 Å². The number of allylic oxidation sites excluding steroid dienone is 2. The number of nitrogens with zero attached hydrogens (tertiary/aromatic N) is 4. The molecule has 8 bridgehead atoms. The molecule has 2 unspecified atom stereocenters. The second-order valence-electron chi connectivity index (χ2n) is 39.0. The molecule has 9 aromatic rings. The number of halogens is 3. The van der Waals surface area contributed by atoms with Gasteiger partial charge in [-0.05, 0) is 105 Å². The Morgan fingerprint density at radius 1 is 0.552 bits per heavy atom. The predicted molar refractivity (Wildman–Crippen MR) is 594 cm³/mol. The maximum absolute atomic E-state index is 14.3. The van der Waals surface area contributed by atoms with Gasteiger partial charge in [0, 0.05) is 32.5 Å². The van der Waals surface area contributed by atoms with E-state index in [0.717, 1.165) is 67.2 Å². The Bertz CT molecular complexity index is 5630. The Morgan fingerprint density at radius 3 is 1.29 bits per heavy atom. The molecule has 20 nitrogen and oxygen atoms in total. The maximum Gasteiger partial charge on any atom is 0.446 e. The van der Waals surface area contributed by atoms with Crippen molar-refractivity contribution in [3.8, 4) is 20.9 Å². The number of amides is 6. The molecule has 0 saturated carbocycles. The summed E-state index contributed by atoms with van der Waals surface area (Å²) in [6, 6.07) is 66.1. The highest BCUT2D eigenvalue weighted by molar-refractivity contribution is 8.15. The number of hydrogen-bond donors (Lipinski definition) is 7. The zero-order chi connectivity index (χ0) is 105. The molecule has 6 atom stereocenters. The molecule has 143 heavy (non-hydrogen) atoms. The second-order valence-corrected chi connectivity index (χ2v) is 55.0. The first-order valence-electron chi connectivity index (χ1n) is 50.3. The molecule has 7 N–H and O–H groups in total. The molecule has 768 valence electrons. The molecule has 13 rings (SSSR count). The zero-order valence-electron chi connectivity index (χ0n) is 86.9. The van der Waals surface area contributed by atoms with E-state index in [1.165, 1.54) is 104 Å². The average Bonchev–Trinajstić information content (AvgIpc) is 1.06. The molecule has 6 heterocycles. The van der Waals surface area contributed by atoms with Crippen molar-refractivity contribution in [2.45, 2.75) is 283 Å². The van der Waals surface area contributed by atoms with E-state index in [-0.39, 0.29) is 90.0 Å². The number of nitrogens with one attached hydrogen (secondary N) is 6. The fraction of sp³-hybridized carbons (Fsp3) is 0.446. The molecule has 7 aromatic carbocycles. The highest BCUT2D eigenvalue weighted by Crippen LogP contribution is 2.50. The first-order chi connectivity index (χ1) is 68.6. The number of benzene rings is 7. The largest absolute Gasteiger partial charge is 0.446 e. The normalized spacial score (nSPS) is 19.0. The number of unbranched alkanes of at least 4 members (excludes halogenated alkanes) is 4. The van der Waals surface area contributed by atoms with Crippen molar-refractivity contribution in [1.29, 1.82) is 0 Å².